The van der Waals surface area contributed by atoms with Gasteiger partial charge < -0.3 is 14.5 Å². The third kappa shape index (κ3) is 4.21. The van der Waals surface area contributed by atoms with Crippen LogP contribution in [0, 0.1) is 0 Å². The van der Waals surface area contributed by atoms with Gasteiger partial charge in [0.2, 0.25) is 5.89 Å². The van der Waals surface area contributed by atoms with Crippen LogP contribution in [0.1, 0.15) is 38.1 Å². The highest BCUT2D eigenvalue weighted by molar-refractivity contribution is 6.30. The van der Waals surface area contributed by atoms with E-state index in [0.29, 0.717) is 22.6 Å². The van der Waals surface area contributed by atoms with Gasteiger partial charge in [0.15, 0.2) is 6.61 Å². The minimum atomic E-state index is 0.0479. The molecule has 6 heteroatoms. The summed E-state index contributed by atoms with van der Waals surface area (Å²) in [4.78, 5) is 0. The van der Waals surface area contributed by atoms with E-state index in [1.54, 1.807) is 24.3 Å². The van der Waals surface area contributed by atoms with Crippen molar-refractivity contribution in [2.24, 2.45) is 0 Å². The lowest BCUT2D eigenvalue weighted by atomic mass is 10.3. The number of aromatic nitrogens is 2. The topological polar surface area (TPSA) is 60.2 Å². The van der Waals surface area contributed by atoms with Crippen molar-refractivity contribution in [1.29, 1.82) is 0 Å². The number of nitrogens with zero attached hydrogens (tertiary/aromatic N) is 2. The molecule has 0 saturated heterocycles. The summed E-state index contributed by atoms with van der Waals surface area (Å²) in [6, 6.07) is 7.18. The number of hydrogen-bond donors (Lipinski definition) is 1. The Bertz CT molecular complexity index is 527. The Morgan fingerprint density at radius 2 is 2.05 bits per heavy atom. The first-order chi connectivity index (χ1) is 9.69. The second kappa shape index (κ2) is 7.26. The van der Waals surface area contributed by atoms with Crippen LogP contribution in [0.25, 0.3) is 0 Å². The van der Waals surface area contributed by atoms with E-state index in [0.717, 1.165) is 13.0 Å². The van der Waals surface area contributed by atoms with Crippen LogP contribution in [0.5, 0.6) is 5.75 Å². The average molecular weight is 296 g/mol. The molecule has 0 amide bonds. The van der Waals surface area contributed by atoms with E-state index in [1.807, 2.05) is 6.92 Å². The molecule has 0 aliphatic carbocycles. The number of hydrogen-bond acceptors (Lipinski definition) is 5. The Labute approximate surface area is 123 Å². The molecule has 5 nitrogen and oxygen atoms in total. The van der Waals surface area contributed by atoms with Crippen LogP contribution in [0.15, 0.2) is 28.7 Å². The lowest BCUT2D eigenvalue weighted by Gasteiger charge is -2.07. The summed E-state index contributed by atoms with van der Waals surface area (Å²) in [6.07, 6.45) is 1.06. The standard InChI is InChI=1S/C14H18ClN3O2/c1-3-8-16-10(2)14-18-17-13(20-14)9-19-12-6-4-11(15)5-7-12/h4-7,10,16H,3,8-9H2,1-2H3. The SMILES string of the molecule is CCCNC(C)c1nnc(COc2ccc(Cl)cc2)o1. The molecule has 1 aromatic carbocycles. The number of benzene rings is 1. The first kappa shape index (κ1) is 14.8. The van der Waals surface area contributed by atoms with Gasteiger partial charge in [-0.15, -0.1) is 10.2 Å². The largest absolute Gasteiger partial charge is 0.484 e. The first-order valence-corrected chi connectivity index (χ1v) is 7.01. The Morgan fingerprint density at radius 3 is 2.75 bits per heavy atom. The summed E-state index contributed by atoms with van der Waals surface area (Å²) in [7, 11) is 0. The summed E-state index contributed by atoms with van der Waals surface area (Å²) in [6.45, 7) is 5.27. The smallest absolute Gasteiger partial charge is 0.253 e. The summed E-state index contributed by atoms with van der Waals surface area (Å²) in [5.74, 6) is 1.75. The molecular formula is C14H18ClN3O2. The summed E-state index contributed by atoms with van der Waals surface area (Å²) >= 11 is 5.81. The van der Waals surface area contributed by atoms with Gasteiger partial charge >= 0.3 is 0 Å². The molecule has 0 aliphatic heterocycles. The van der Waals surface area contributed by atoms with Crippen LogP contribution in [-0.4, -0.2) is 16.7 Å². The highest BCUT2D eigenvalue weighted by Gasteiger charge is 2.13. The first-order valence-electron chi connectivity index (χ1n) is 6.63. The van der Waals surface area contributed by atoms with Crippen molar-refractivity contribution in [1.82, 2.24) is 15.5 Å². The highest BCUT2D eigenvalue weighted by Crippen LogP contribution is 2.17. The van der Waals surface area contributed by atoms with Crippen LogP contribution in [0.2, 0.25) is 5.02 Å². The molecule has 2 rings (SSSR count). The van der Waals surface area contributed by atoms with Gasteiger partial charge in [-0.25, -0.2) is 0 Å². The number of rotatable bonds is 7. The lowest BCUT2D eigenvalue weighted by molar-refractivity contribution is 0.255. The Kier molecular flexibility index (Phi) is 5.38. The number of halogens is 1. The predicted octanol–water partition coefficient (Wildman–Crippen LogP) is 3.36. The van der Waals surface area contributed by atoms with Gasteiger partial charge in [0.1, 0.15) is 5.75 Å². The summed E-state index contributed by atoms with van der Waals surface area (Å²) in [5, 5.41) is 11.9. The predicted molar refractivity (Wildman–Crippen MR) is 76.8 cm³/mol. The van der Waals surface area contributed by atoms with Crippen LogP contribution < -0.4 is 10.1 Å². The maximum Gasteiger partial charge on any atom is 0.253 e. The van der Waals surface area contributed by atoms with E-state index in [-0.39, 0.29) is 12.6 Å². The minimum Gasteiger partial charge on any atom is -0.484 e. The highest BCUT2D eigenvalue weighted by atomic mass is 35.5. The van der Waals surface area contributed by atoms with Crippen LogP contribution in [0.3, 0.4) is 0 Å². The molecule has 1 unspecified atom stereocenters. The molecule has 0 aliphatic rings. The van der Waals surface area contributed by atoms with Crippen molar-refractivity contribution < 1.29 is 9.15 Å². The van der Waals surface area contributed by atoms with Gasteiger partial charge in [0.05, 0.1) is 6.04 Å². The Morgan fingerprint density at radius 1 is 1.30 bits per heavy atom. The summed E-state index contributed by atoms with van der Waals surface area (Å²) < 4.78 is 11.1. The second-order valence-corrected chi connectivity index (χ2v) is 4.89. The molecule has 0 radical (unpaired) electrons. The number of ether oxygens (including phenoxy) is 1. The van der Waals surface area contributed by atoms with Crippen molar-refractivity contribution in [3.8, 4) is 5.75 Å². The maximum absolute atomic E-state index is 5.81. The second-order valence-electron chi connectivity index (χ2n) is 4.45. The molecule has 1 aromatic heterocycles. The van der Waals surface area contributed by atoms with Crippen LogP contribution in [0.4, 0.5) is 0 Å². The van der Waals surface area contributed by atoms with Gasteiger partial charge in [-0.1, -0.05) is 18.5 Å². The fourth-order valence-corrected chi connectivity index (χ4v) is 1.75. The average Bonchev–Trinajstić information content (AvgIpc) is 2.93. The molecule has 0 bridgehead atoms. The number of nitrogens with one attached hydrogen (secondary N) is 1. The lowest BCUT2D eigenvalue weighted by Crippen LogP contribution is -2.19. The van der Waals surface area contributed by atoms with E-state index in [2.05, 4.69) is 22.4 Å². The molecule has 0 spiro atoms. The fourth-order valence-electron chi connectivity index (χ4n) is 1.62. The van der Waals surface area contributed by atoms with Gasteiger partial charge in [-0.2, -0.15) is 0 Å². The third-order valence-electron chi connectivity index (χ3n) is 2.73. The maximum atomic E-state index is 5.81. The van der Waals surface area contributed by atoms with Crippen molar-refractivity contribution in [2.45, 2.75) is 32.9 Å². The third-order valence-corrected chi connectivity index (χ3v) is 2.98. The molecule has 1 heterocycles. The van der Waals surface area contributed by atoms with Gasteiger partial charge in [-0.3, -0.25) is 0 Å². The van der Waals surface area contributed by atoms with E-state index in [4.69, 9.17) is 20.8 Å². The van der Waals surface area contributed by atoms with E-state index < -0.39 is 0 Å². The zero-order valence-electron chi connectivity index (χ0n) is 11.6. The molecule has 1 N–H and O–H groups in total. The van der Waals surface area contributed by atoms with Crippen molar-refractivity contribution in [3.05, 3.63) is 41.1 Å². The Hall–Kier alpha value is -1.59. The molecule has 108 valence electrons. The molecule has 2 aromatic rings. The van der Waals surface area contributed by atoms with Gasteiger partial charge in [-0.05, 0) is 44.2 Å². The monoisotopic (exact) mass is 295 g/mol. The normalized spacial score (nSPS) is 12.3. The van der Waals surface area contributed by atoms with Crippen molar-refractivity contribution in [2.75, 3.05) is 6.54 Å². The van der Waals surface area contributed by atoms with Crippen LogP contribution >= 0.6 is 11.6 Å². The molecule has 0 saturated carbocycles. The quantitative estimate of drug-likeness (QED) is 0.848. The minimum absolute atomic E-state index is 0.0479. The molecule has 20 heavy (non-hydrogen) atoms. The van der Waals surface area contributed by atoms with Gasteiger partial charge in [0.25, 0.3) is 5.89 Å². The van der Waals surface area contributed by atoms with Crippen molar-refractivity contribution >= 4 is 11.6 Å². The van der Waals surface area contributed by atoms with E-state index in [1.165, 1.54) is 0 Å². The summed E-state index contributed by atoms with van der Waals surface area (Å²) in [5.41, 5.74) is 0. The molecule has 0 fully saturated rings. The van der Waals surface area contributed by atoms with Gasteiger partial charge in [0, 0.05) is 5.02 Å². The zero-order chi connectivity index (χ0) is 14.4. The molecule has 1 atom stereocenters. The van der Waals surface area contributed by atoms with E-state index >= 15 is 0 Å². The zero-order valence-corrected chi connectivity index (χ0v) is 12.4. The van der Waals surface area contributed by atoms with Crippen molar-refractivity contribution in [3.63, 3.8) is 0 Å². The molecular weight excluding hydrogens is 278 g/mol. The van der Waals surface area contributed by atoms with Crippen LogP contribution in [-0.2, 0) is 6.61 Å². The van der Waals surface area contributed by atoms with E-state index in [9.17, 15) is 0 Å². The Balaban J connectivity index is 1.87. The fraction of sp³-hybridized carbons (Fsp3) is 0.429.